The fourth-order valence-corrected chi connectivity index (χ4v) is 3.84. The van der Waals surface area contributed by atoms with Crippen LogP contribution in [0.1, 0.15) is 49.0 Å². The topological polar surface area (TPSA) is 74.5 Å². The van der Waals surface area contributed by atoms with Gasteiger partial charge in [-0.1, -0.05) is 16.8 Å². The van der Waals surface area contributed by atoms with Crippen LogP contribution in [0.4, 0.5) is 18.9 Å². The first-order valence-electron chi connectivity index (χ1n) is 10.2. The third-order valence-corrected chi connectivity index (χ3v) is 5.96. The summed E-state index contributed by atoms with van der Waals surface area (Å²) >= 11 is 5.62. The molecular formula is C20H23ClF3N5O2. The molecule has 1 N–H and O–H groups in total. The highest BCUT2D eigenvalue weighted by atomic mass is 35.5. The summed E-state index contributed by atoms with van der Waals surface area (Å²) in [5.74, 6) is 1.46. The lowest BCUT2D eigenvalue weighted by Gasteiger charge is -2.36. The molecule has 1 saturated heterocycles. The predicted octanol–water partition coefficient (Wildman–Crippen LogP) is 3.94. The standard InChI is InChI=1S/C20H23ClF3N5O2/c1-12(19-26-18(27-31-19)13-2-3-13)29-8-6-28(7-9-29)11-17(30)25-14-4-5-16(21)15(10-14)20(22,23)24/h4-5,10,12-13H,2-3,6-9,11H2,1H3,(H,25,30). The maximum Gasteiger partial charge on any atom is 0.417 e. The largest absolute Gasteiger partial charge is 0.417 e. The molecule has 1 aliphatic heterocycles. The average molecular weight is 458 g/mol. The van der Waals surface area contributed by atoms with E-state index in [0.29, 0.717) is 24.9 Å². The Bertz CT molecular complexity index is 939. The van der Waals surface area contributed by atoms with Gasteiger partial charge in [0.05, 0.1) is 23.2 Å². The Labute approximate surface area is 182 Å². The third kappa shape index (κ3) is 5.36. The first-order chi connectivity index (χ1) is 14.7. The number of halogens is 4. The van der Waals surface area contributed by atoms with E-state index < -0.39 is 16.8 Å². The number of benzene rings is 1. The number of piperazine rings is 1. The van der Waals surface area contributed by atoms with Gasteiger partial charge in [-0.25, -0.2) is 0 Å². The maximum absolute atomic E-state index is 13.0. The Morgan fingerprint density at radius 3 is 2.65 bits per heavy atom. The molecule has 168 valence electrons. The number of nitrogens with zero attached hydrogens (tertiary/aromatic N) is 4. The predicted molar refractivity (Wildman–Crippen MR) is 108 cm³/mol. The molecule has 1 unspecified atom stereocenters. The summed E-state index contributed by atoms with van der Waals surface area (Å²) in [6, 6.07) is 3.33. The van der Waals surface area contributed by atoms with Crippen molar-refractivity contribution in [2.45, 2.75) is 37.9 Å². The second-order valence-electron chi connectivity index (χ2n) is 7.99. The number of amides is 1. The normalized spacial score (nSPS) is 19.4. The van der Waals surface area contributed by atoms with E-state index in [1.54, 1.807) is 0 Å². The van der Waals surface area contributed by atoms with Crippen molar-refractivity contribution in [3.05, 3.63) is 40.5 Å². The van der Waals surface area contributed by atoms with Crippen molar-refractivity contribution in [1.82, 2.24) is 19.9 Å². The smallest absolute Gasteiger partial charge is 0.338 e. The highest BCUT2D eigenvalue weighted by molar-refractivity contribution is 6.31. The van der Waals surface area contributed by atoms with Gasteiger partial charge in [-0.05, 0) is 38.0 Å². The zero-order valence-corrected chi connectivity index (χ0v) is 17.7. The van der Waals surface area contributed by atoms with Crippen molar-refractivity contribution >= 4 is 23.2 Å². The van der Waals surface area contributed by atoms with Crippen LogP contribution in [0.2, 0.25) is 5.02 Å². The second kappa shape index (κ2) is 8.76. The average Bonchev–Trinajstić information content (AvgIpc) is 3.45. The van der Waals surface area contributed by atoms with Gasteiger partial charge in [0.2, 0.25) is 11.8 Å². The van der Waals surface area contributed by atoms with Crippen LogP contribution in [0.15, 0.2) is 22.7 Å². The maximum atomic E-state index is 13.0. The summed E-state index contributed by atoms with van der Waals surface area (Å²) in [4.78, 5) is 21.0. The van der Waals surface area contributed by atoms with Crippen molar-refractivity contribution in [3.8, 4) is 0 Å². The molecular weight excluding hydrogens is 435 g/mol. The molecule has 1 aliphatic carbocycles. The lowest BCUT2D eigenvalue weighted by atomic mass is 10.2. The lowest BCUT2D eigenvalue weighted by molar-refractivity contribution is -0.137. The van der Waals surface area contributed by atoms with Gasteiger partial charge < -0.3 is 9.84 Å². The first-order valence-corrected chi connectivity index (χ1v) is 10.5. The first kappa shape index (κ1) is 22.0. The molecule has 11 heteroatoms. The fourth-order valence-electron chi connectivity index (χ4n) is 3.61. The molecule has 1 aromatic carbocycles. The molecule has 1 saturated carbocycles. The van der Waals surface area contributed by atoms with Crippen LogP contribution in [0.25, 0.3) is 0 Å². The van der Waals surface area contributed by atoms with Crippen molar-refractivity contribution in [2.24, 2.45) is 0 Å². The number of rotatable bonds is 6. The van der Waals surface area contributed by atoms with Crippen molar-refractivity contribution < 1.29 is 22.5 Å². The summed E-state index contributed by atoms with van der Waals surface area (Å²) in [5.41, 5.74) is -0.905. The van der Waals surface area contributed by atoms with E-state index in [9.17, 15) is 18.0 Å². The quantitative estimate of drug-likeness (QED) is 0.708. The molecule has 2 heterocycles. The van der Waals surface area contributed by atoms with Gasteiger partial charge in [-0.15, -0.1) is 0 Å². The number of alkyl halides is 3. The highest BCUT2D eigenvalue weighted by Crippen LogP contribution is 2.39. The second-order valence-corrected chi connectivity index (χ2v) is 8.40. The van der Waals surface area contributed by atoms with Gasteiger partial charge >= 0.3 is 6.18 Å². The Morgan fingerprint density at radius 1 is 1.29 bits per heavy atom. The SMILES string of the molecule is CC(c1nc(C2CC2)no1)N1CCN(CC(=O)Nc2ccc(Cl)c(C(F)(F)F)c2)CC1. The summed E-state index contributed by atoms with van der Waals surface area (Å²) in [7, 11) is 0. The number of hydrogen-bond donors (Lipinski definition) is 1. The summed E-state index contributed by atoms with van der Waals surface area (Å²) in [6.45, 7) is 4.85. The summed E-state index contributed by atoms with van der Waals surface area (Å²) in [6.07, 6.45) is -2.36. The molecule has 31 heavy (non-hydrogen) atoms. The van der Waals surface area contributed by atoms with Gasteiger partial charge in [0.25, 0.3) is 0 Å². The van der Waals surface area contributed by atoms with Crippen molar-refractivity contribution in [2.75, 3.05) is 38.0 Å². The zero-order valence-electron chi connectivity index (χ0n) is 17.0. The third-order valence-electron chi connectivity index (χ3n) is 5.63. The van der Waals surface area contributed by atoms with Crippen LogP contribution in [0, 0.1) is 0 Å². The number of hydrogen-bond acceptors (Lipinski definition) is 6. The van der Waals surface area contributed by atoms with Crippen LogP contribution < -0.4 is 5.32 Å². The summed E-state index contributed by atoms with van der Waals surface area (Å²) in [5, 5.41) is 6.18. The van der Waals surface area contributed by atoms with E-state index in [2.05, 4.69) is 20.4 Å². The Hall–Kier alpha value is -2.17. The molecule has 4 rings (SSSR count). The molecule has 0 spiro atoms. The van der Waals surface area contributed by atoms with E-state index >= 15 is 0 Å². The van der Waals surface area contributed by atoms with Crippen LogP contribution >= 0.6 is 11.6 Å². The molecule has 1 amide bonds. The molecule has 1 atom stereocenters. The number of carbonyl (C=O) groups excluding carboxylic acids is 1. The van der Waals surface area contributed by atoms with Crippen LogP contribution in [0.3, 0.4) is 0 Å². The van der Waals surface area contributed by atoms with E-state index in [1.807, 2.05) is 11.8 Å². The minimum atomic E-state index is -4.58. The molecule has 0 radical (unpaired) electrons. The molecule has 0 bridgehead atoms. The molecule has 2 fully saturated rings. The molecule has 1 aromatic heterocycles. The van der Waals surface area contributed by atoms with Crippen LogP contribution in [-0.4, -0.2) is 58.6 Å². The Morgan fingerprint density at radius 2 is 2.00 bits per heavy atom. The van der Waals surface area contributed by atoms with E-state index in [0.717, 1.165) is 43.9 Å². The number of nitrogens with one attached hydrogen (secondary N) is 1. The zero-order chi connectivity index (χ0) is 22.2. The number of carbonyl (C=O) groups is 1. The molecule has 2 aliphatic rings. The van der Waals surface area contributed by atoms with Crippen molar-refractivity contribution in [3.63, 3.8) is 0 Å². The fraction of sp³-hybridized carbons (Fsp3) is 0.550. The van der Waals surface area contributed by atoms with Gasteiger partial charge in [-0.3, -0.25) is 14.6 Å². The number of aromatic nitrogens is 2. The van der Waals surface area contributed by atoms with Crippen LogP contribution in [0.5, 0.6) is 0 Å². The van der Waals surface area contributed by atoms with Crippen molar-refractivity contribution in [1.29, 1.82) is 0 Å². The molecule has 7 nitrogen and oxygen atoms in total. The van der Waals surface area contributed by atoms with Gasteiger partial charge in [0.1, 0.15) is 0 Å². The van der Waals surface area contributed by atoms with E-state index in [-0.39, 0.29) is 24.2 Å². The minimum absolute atomic E-state index is 0.00849. The summed E-state index contributed by atoms with van der Waals surface area (Å²) < 4.78 is 44.4. The highest BCUT2D eigenvalue weighted by Gasteiger charge is 2.34. The Balaban J connectivity index is 1.27. The minimum Gasteiger partial charge on any atom is -0.338 e. The lowest BCUT2D eigenvalue weighted by Crippen LogP contribution is -2.49. The van der Waals surface area contributed by atoms with Crippen LogP contribution in [-0.2, 0) is 11.0 Å². The van der Waals surface area contributed by atoms with Gasteiger partial charge in [0.15, 0.2) is 5.82 Å². The number of anilines is 1. The van der Waals surface area contributed by atoms with Gasteiger partial charge in [-0.2, -0.15) is 18.2 Å². The molecule has 2 aromatic rings. The Kier molecular flexibility index (Phi) is 6.23. The van der Waals surface area contributed by atoms with E-state index in [1.165, 1.54) is 6.07 Å². The van der Waals surface area contributed by atoms with E-state index in [4.69, 9.17) is 16.1 Å². The van der Waals surface area contributed by atoms with Gasteiger partial charge in [0, 0.05) is 37.8 Å². The monoisotopic (exact) mass is 457 g/mol.